The lowest BCUT2D eigenvalue weighted by Crippen LogP contribution is -2.05. The summed E-state index contributed by atoms with van der Waals surface area (Å²) >= 11 is 7.36. The minimum Gasteiger partial charge on any atom is -0.426 e. The standard InChI is InChI=1S/C9H6ClIO3/c1-5(12)14-8-4-6(11)2-3-7(8)9(10)13/h2-4H,1H3. The van der Waals surface area contributed by atoms with Crippen LogP contribution in [-0.2, 0) is 4.79 Å². The molecule has 0 aliphatic rings. The minimum atomic E-state index is -0.641. The molecule has 74 valence electrons. The van der Waals surface area contributed by atoms with Gasteiger partial charge in [0, 0.05) is 10.5 Å². The third-order valence-electron chi connectivity index (χ3n) is 1.41. The maximum Gasteiger partial charge on any atom is 0.308 e. The lowest BCUT2D eigenvalue weighted by Gasteiger charge is -2.05. The highest BCUT2D eigenvalue weighted by molar-refractivity contribution is 14.1. The summed E-state index contributed by atoms with van der Waals surface area (Å²) in [5.74, 6) is -0.282. The van der Waals surface area contributed by atoms with Crippen LogP contribution in [0.15, 0.2) is 18.2 Å². The van der Waals surface area contributed by atoms with Gasteiger partial charge in [0.1, 0.15) is 5.75 Å². The number of carbonyl (C=O) groups excluding carboxylic acids is 2. The summed E-state index contributed by atoms with van der Waals surface area (Å²) in [5, 5.41) is -0.641. The molecule has 14 heavy (non-hydrogen) atoms. The zero-order valence-electron chi connectivity index (χ0n) is 7.21. The second kappa shape index (κ2) is 4.75. The van der Waals surface area contributed by atoms with Gasteiger partial charge >= 0.3 is 5.97 Å². The van der Waals surface area contributed by atoms with Crippen molar-refractivity contribution in [2.24, 2.45) is 0 Å². The van der Waals surface area contributed by atoms with Crippen LogP contribution in [0.5, 0.6) is 5.75 Å². The van der Waals surface area contributed by atoms with Crippen LogP contribution in [0.2, 0.25) is 0 Å². The van der Waals surface area contributed by atoms with E-state index in [0.29, 0.717) is 0 Å². The molecule has 0 atom stereocenters. The number of carbonyl (C=O) groups is 2. The SMILES string of the molecule is CC(=O)Oc1cc(I)ccc1C(=O)Cl. The van der Waals surface area contributed by atoms with Crippen LogP contribution in [-0.4, -0.2) is 11.2 Å². The summed E-state index contributed by atoms with van der Waals surface area (Å²) < 4.78 is 5.70. The molecule has 1 rings (SSSR count). The number of hydrogen-bond donors (Lipinski definition) is 0. The van der Waals surface area contributed by atoms with Crippen molar-refractivity contribution >= 4 is 45.4 Å². The van der Waals surface area contributed by atoms with Crippen molar-refractivity contribution in [2.75, 3.05) is 0 Å². The number of esters is 1. The van der Waals surface area contributed by atoms with E-state index in [2.05, 4.69) is 0 Å². The van der Waals surface area contributed by atoms with Gasteiger partial charge in [0.25, 0.3) is 5.24 Å². The largest absolute Gasteiger partial charge is 0.426 e. The van der Waals surface area contributed by atoms with E-state index < -0.39 is 11.2 Å². The Morgan fingerprint density at radius 1 is 1.43 bits per heavy atom. The first-order chi connectivity index (χ1) is 6.50. The van der Waals surface area contributed by atoms with Gasteiger partial charge in [-0.15, -0.1) is 0 Å². The zero-order chi connectivity index (χ0) is 10.7. The third kappa shape index (κ3) is 2.95. The van der Waals surface area contributed by atoms with E-state index in [-0.39, 0.29) is 11.3 Å². The summed E-state index contributed by atoms with van der Waals surface area (Å²) in [4.78, 5) is 21.7. The third-order valence-corrected chi connectivity index (χ3v) is 2.28. The van der Waals surface area contributed by atoms with E-state index >= 15 is 0 Å². The predicted octanol–water partition coefficient (Wildman–Crippen LogP) is 2.60. The van der Waals surface area contributed by atoms with Gasteiger partial charge in [-0.25, -0.2) is 0 Å². The Morgan fingerprint density at radius 3 is 2.57 bits per heavy atom. The quantitative estimate of drug-likeness (QED) is 0.363. The molecule has 0 aliphatic heterocycles. The van der Waals surface area contributed by atoms with E-state index in [9.17, 15) is 9.59 Å². The fourth-order valence-corrected chi connectivity index (χ4v) is 1.52. The molecule has 3 nitrogen and oxygen atoms in total. The van der Waals surface area contributed by atoms with Gasteiger partial charge in [-0.2, -0.15) is 0 Å². The van der Waals surface area contributed by atoms with Crippen LogP contribution in [0.4, 0.5) is 0 Å². The van der Waals surface area contributed by atoms with E-state index in [1.54, 1.807) is 12.1 Å². The topological polar surface area (TPSA) is 43.4 Å². The van der Waals surface area contributed by atoms with Crippen molar-refractivity contribution in [2.45, 2.75) is 6.92 Å². The molecule has 0 saturated heterocycles. The van der Waals surface area contributed by atoms with Gasteiger partial charge < -0.3 is 4.74 Å². The lowest BCUT2D eigenvalue weighted by molar-refractivity contribution is -0.131. The van der Waals surface area contributed by atoms with Crippen LogP contribution < -0.4 is 4.74 Å². The number of halogens is 2. The summed E-state index contributed by atoms with van der Waals surface area (Å²) in [6.07, 6.45) is 0. The minimum absolute atomic E-state index is 0.197. The van der Waals surface area contributed by atoms with Crippen molar-refractivity contribution in [1.82, 2.24) is 0 Å². The van der Waals surface area contributed by atoms with Crippen molar-refractivity contribution in [3.63, 3.8) is 0 Å². The van der Waals surface area contributed by atoms with E-state index in [1.807, 2.05) is 22.6 Å². The highest BCUT2D eigenvalue weighted by atomic mass is 127. The number of rotatable bonds is 2. The summed E-state index contributed by atoms with van der Waals surface area (Å²) in [7, 11) is 0. The monoisotopic (exact) mass is 324 g/mol. The van der Waals surface area contributed by atoms with E-state index in [0.717, 1.165) is 3.57 Å². The molecule has 1 aromatic carbocycles. The first-order valence-corrected chi connectivity index (χ1v) is 5.14. The van der Waals surface area contributed by atoms with Crippen molar-refractivity contribution in [3.05, 3.63) is 27.3 Å². The van der Waals surface area contributed by atoms with Crippen molar-refractivity contribution in [3.8, 4) is 5.75 Å². The van der Waals surface area contributed by atoms with Gasteiger partial charge in [0.05, 0.1) is 5.56 Å². The smallest absolute Gasteiger partial charge is 0.308 e. The number of hydrogen-bond acceptors (Lipinski definition) is 3. The zero-order valence-corrected chi connectivity index (χ0v) is 10.1. The van der Waals surface area contributed by atoms with Gasteiger partial charge in [-0.05, 0) is 52.4 Å². The molecule has 0 aromatic heterocycles. The maximum absolute atomic E-state index is 10.9. The Hall–Kier alpha value is -0.620. The molecule has 5 heteroatoms. The highest BCUT2D eigenvalue weighted by Gasteiger charge is 2.12. The summed E-state index contributed by atoms with van der Waals surface area (Å²) in [6, 6.07) is 4.82. The molecule has 0 unspecified atom stereocenters. The van der Waals surface area contributed by atoms with Crippen LogP contribution in [0.25, 0.3) is 0 Å². The molecule has 0 aliphatic carbocycles. The Bertz CT molecular complexity index is 390. The van der Waals surface area contributed by atoms with Gasteiger partial charge in [0.15, 0.2) is 0 Å². The highest BCUT2D eigenvalue weighted by Crippen LogP contribution is 2.23. The lowest BCUT2D eigenvalue weighted by atomic mass is 10.2. The second-order valence-electron chi connectivity index (χ2n) is 2.51. The average molecular weight is 325 g/mol. The molecule has 0 radical (unpaired) electrons. The molecule has 0 fully saturated rings. The molecular weight excluding hydrogens is 318 g/mol. The average Bonchev–Trinajstić information content (AvgIpc) is 2.01. The number of benzene rings is 1. The summed E-state index contributed by atoms with van der Waals surface area (Å²) in [5.41, 5.74) is 0.197. The molecule has 0 heterocycles. The van der Waals surface area contributed by atoms with Crippen molar-refractivity contribution < 1.29 is 14.3 Å². The van der Waals surface area contributed by atoms with Crippen molar-refractivity contribution in [1.29, 1.82) is 0 Å². The van der Waals surface area contributed by atoms with E-state index in [1.165, 1.54) is 13.0 Å². The Labute approximate surface area is 99.5 Å². The Morgan fingerprint density at radius 2 is 2.07 bits per heavy atom. The van der Waals surface area contributed by atoms with Gasteiger partial charge in [0.2, 0.25) is 0 Å². The molecule has 0 N–H and O–H groups in total. The fourth-order valence-electron chi connectivity index (χ4n) is 0.898. The first-order valence-electron chi connectivity index (χ1n) is 3.68. The molecule has 1 aromatic rings. The molecular formula is C9H6ClIO3. The van der Waals surface area contributed by atoms with Crippen LogP contribution >= 0.6 is 34.2 Å². The molecule has 0 spiro atoms. The van der Waals surface area contributed by atoms with Gasteiger partial charge in [-0.1, -0.05) is 0 Å². The molecule has 0 amide bonds. The Balaban J connectivity index is 3.15. The summed E-state index contributed by atoms with van der Waals surface area (Å²) in [6.45, 7) is 1.27. The molecule has 0 bridgehead atoms. The fraction of sp³-hybridized carbons (Fsp3) is 0.111. The van der Waals surface area contributed by atoms with E-state index in [4.69, 9.17) is 16.3 Å². The number of ether oxygens (including phenoxy) is 1. The molecule has 0 saturated carbocycles. The van der Waals surface area contributed by atoms with Gasteiger partial charge in [-0.3, -0.25) is 9.59 Å². The van der Waals surface area contributed by atoms with Crippen LogP contribution in [0.3, 0.4) is 0 Å². The Kier molecular flexibility index (Phi) is 3.88. The predicted molar refractivity (Wildman–Crippen MR) is 60.7 cm³/mol. The van der Waals surface area contributed by atoms with Crippen LogP contribution in [0, 0.1) is 3.57 Å². The maximum atomic E-state index is 10.9. The second-order valence-corrected chi connectivity index (χ2v) is 4.10. The first kappa shape index (κ1) is 11.5. The normalized spacial score (nSPS) is 9.64. The van der Waals surface area contributed by atoms with Crippen LogP contribution in [0.1, 0.15) is 17.3 Å².